The molecule has 0 fully saturated rings. The van der Waals surface area contributed by atoms with Crippen LogP contribution in [0.25, 0.3) is 0 Å². The van der Waals surface area contributed by atoms with Gasteiger partial charge in [0, 0.05) is 35.1 Å². The fourth-order valence-electron chi connectivity index (χ4n) is 1.99. The van der Waals surface area contributed by atoms with Crippen molar-refractivity contribution >= 4 is 23.0 Å². The number of halogens is 2. The first-order valence-corrected chi connectivity index (χ1v) is 6.53. The first-order valence-electron chi connectivity index (χ1n) is 6.15. The fourth-order valence-corrected chi connectivity index (χ4v) is 2.23. The van der Waals surface area contributed by atoms with Crippen LogP contribution in [0.3, 0.4) is 0 Å². The molecule has 0 heterocycles. The summed E-state index contributed by atoms with van der Waals surface area (Å²) in [5.41, 5.74) is 8.29. The smallest absolute Gasteiger partial charge is 0.125 e. The minimum Gasteiger partial charge on any atom is -0.398 e. The summed E-state index contributed by atoms with van der Waals surface area (Å²) >= 11 is 6.17. The van der Waals surface area contributed by atoms with Crippen LogP contribution in [0.2, 0.25) is 5.02 Å². The van der Waals surface area contributed by atoms with Gasteiger partial charge in [0.05, 0.1) is 0 Å². The zero-order valence-corrected chi connectivity index (χ0v) is 11.5. The Balaban J connectivity index is 2.29. The lowest BCUT2D eigenvalue weighted by Gasteiger charge is -2.24. The monoisotopic (exact) mass is 278 g/mol. The molecule has 0 spiro atoms. The van der Waals surface area contributed by atoms with E-state index in [1.54, 1.807) is 6.07 Å². The standard InChI is InChI=1S/C15H16ClFN2/c1-2-19(12-6-3-5-11(17)9-12)10-13-14(16)7-4-8-15(13)18/h3-9H,2,10,18H2,1H3. The number of hydrogen-bond acceptors (Lipinski definition) is 2. The Morgan fingerprint density at radius 1 is 1.21 bits per heavy atom. The molecule has 100 valence electrons. The molecule has 0 amide bonds. The third-order valence-electron chi connectivity index (χ3n) is 3.06. The highest BCUT2D eigenvalue weighted by molar-refractivity contribution is 6.31. The van der Waals surface area contributed by atoms with Crippen LogP contribution in [-0.4, -0.2) is 6.54 Å². The van der Waals surface area contributed by atoms with Crippen LogP contribution in [0.1, 0.15) is 12.5 Å². The van der Waals surface area contributed by atoms with Gasteiger partial charge in [0.25, 0.3) is 0 Å². The number of nitrogens with two attached hydrogens (primary N) is 1. The Bertz CT molecular complexity index is 552. The van der Waals surface area contributed by atoms with Crippen LogP contribution in [-0.2, 0) is 6.54 Å². The van der Waals surface area contributed by atoms with Crippen LogP contribution in [0, 0.1) is 5.82 Å². The van der Waals surface area contributed by atoms with Crippen molar-refractivity contribution in [3.63, 3.8) is 0 Å². The molecule has 2 nitrogen and oxygen atoms in total. The highest BCUT2D eigenvalue weighted by atomic mass is 35.5. The molecule has 0 aromatic heterocycles. The van der Waals surface area contributed by atoms with E-state index in [1.165, 1.54) is 12.1 Å². The van der Waals surface area contributed by atoms with E-state index in [-0.39, 0.29) is 5.82 Å². The molecule has 0 bridgehead atoms. The highest BCUT2D eigenvalue weighted by Crippen LogP contribution is 2.26. The molecule has 0 saturated carbocycles. The van der Waals surface area contributed by atoms with Gasteiger partial charge in [-0.2, -0.15) is 0 Å². The molecule has 0 unspecified atom stereocenters. The van der Waals surface area contributed by atoms with Gasteiger partial charge in [0.15, 0.2) is 0 Å². The van der Waals surface area contributed by atoms with Crippen LogP contribution >= 0.6 is 11.6 Å². The second-order valence-electron chi connectivity index (χ2n) is 4.30. The molecule has 2 aromatic rings. The summed E-state index contributed by atoms with van der Waals surface area (Å²) in [6, 6.07) is 12.0. The van der Waals surface area contributed by atoms with Gasteiger partial charge in [-0.15, -0.1) is 0 Å². The predicted octanol–water partition coefficient (Wildman–Crippen LogP) is 4.09. The zero-order valence-electron chi connectivity index (χ0n) is 10.7. The van der Waals surface area contributed by atoms with Gasteiger partial charge in [0.2, 0.25) is 0 Å². The largest absolute Gasteiger partial charge is 0.398 e. The average Bonchev–Trinajstić information content (AvgIpc) is 2.38. The van der Waals surface area contributed by atoms with E-state index in [1.807, 2.05) is 36.1 Å². The van der Waals surface area contributed by atoms with Crippen LogP contribution in [0.15, 0.2) is 42.5 Å². The molecule has 2 rings (SSSR count). The molecule has 0 atom stereocenters. The van der Waals surface area contributed by atoms with Gasteiger partial charge in [-0.3, -0.25) is 0 Å². The van der Waals surface area contributed by atoms with Crippen LogP contribution in [0.4, 0.5) is 15.8 Å². The molecule has 0 aliphatic carbocycles. The summed E-state index contributed by atoms with van der Waals surface area (Å²) in [4.78, 5) is 2.03. The fraction of sp³-hybridized carbons (Fsp3) is 0.200. The molecule has 0 aliphatic rings. The maximum absolute atomic E-state index is 13.3. The van der Waals surface area contributed by atoms with Crippen LogP contribution in [0.5, 0.6) is 0 Å². The summed E-state index contributed by atoms with van der Waals surface area (Å²) in [6.45, 7) is 3.32. The van der Waals surface area contributed by atoms with E-state index in [9.17, 15) is 4.39 Å². The van der Waals surface area contributed by atoms with Crippen molar-refractivity contribution in [2.24, 2.45) is 0 Å². The van der Waals surface area contributed by atoms with Crippen molar-refractivity contribution in [1.29, 1.82) is 0 Å². The Morgan fingerprint density at radius 3 is 2.58 bits per heavy atom. The first-order chi connectivity index (χ1) is 9.11. The van der Waals surface area contributed by atoms with Crippen molar-refractivity contribution in [3.8, 4) is 0 Å². The molecule has 2 N–H and O–H groups in total. The van der Waals surface area contributed by atoms with Crippen molar-refractivity contribution in [1.82, 2.24) is 0 Å². The predicted molar refractivity (Wildman–Crippen MR) is 79.0 cm³/mol. The number of hydrogen-bond donors (Lipinski definition) is 1. The van der Waals surface area contributed by atoms with Crippen molar-refractivity contribution in [2.75, 3.05) is 17.2 Å². The molecule has 2 aromatic carbocycles. The highest BCUT2D eigenvalue weighted by Gasteiger charge is 2.11. The number of rotatable bonds is 4. The van der Waals surface area contributed by atoms with E-state index in [0.717, 1.165) is 17.8 Å². The lowest BCUT2D eigenvalue weighted by Crippen LogP contribution is -2.22. The Labute approximate surface area is 117 Å². The van der Waals surface area contributed by atoms with Gasteiger partial charge >= 0.3 is 0 Å². The topological polar surface area (TPSA) is 29.3 Å². The molecular weight excluding hydrogens is 263 g/mol. The van der Waals surface area contributed by atoms with Crippen molar-refractivity contribution < 1.29 is 4.39 Å². The first kappa shape index (κ1) is 13.7. The molecular formula is C15H16ClFN2. The minimum absolute atomic E-state index is 0.247. The van der Waals surface area contributed by atoms with Gasteiger partial charge in [0.1, 0.15) is 5.82 Å². The SMILES string of the molecule is CCN(Cc1c(N)cccc1Cl)c1cccc(F)c1. The number of nitrogen functional groups attached to an aromatic ring is 1. The second kappa shape index (κ2) is 5.93. The number of nitrogens with zero attached hydrogens (tertiary/aromatic N) is 1. The normalized spacial score (nSPS) is 10.5. The third kappa shape index (κ3) is 3.18. The lowest BCUT2D eigenvalue weighted by molar-refractivity contribution is 0.626. The third-order valence-corrected chi connectivity index (χ3v) is 3.41. The Kier molecular flexibility index (Phi) is 4.27. The number of benzene rings is 2. The molecule has 0 aliphatic heterocycles. The van der Waals surface area contributed by atoms with Crippen molar-refractivity contribution in [2.45, 2.75) is 13.5 Å². The summed E-state index contributed by atoms with van der Waals surface area (Å²) in [5.74, 6) is -0.247. The summed E-state index contributed by atoms with van der Waals surface area (Å²) < 4.78 is 13.3. The molecule has 19 heavy (non-hydrogen) atoms. The molecule has 4 heteroatoms. The maximum Gasteiger partial charge on any atom is 0.125 e. The number of anilines is 2. The average molecular weight is 279 g/mol. The Hall–Kier alpha value is -1.74. The van der Waals surface area contributed by atoms with E-state index in [0.29, 0.717) is 17.3 Å². The Morgan fingerprint density at radius 2 is 1.95 bits per heavy atom. The zero-order chi connectivity index (χ0) is 13.8. The molecule has 0 radical (unpaired) electrons. The van der Waals surface area contributed by atoms with E-state index < -0.39 is 0 Å². The molecule has 0 saturated heterocycles. The van der Waals surface area contributed by atoms with E-state index in [4.69, 9.17) is 17.3 Å². The summed E-state index contributed by atoms with van der Waals surface area (Å²) in [5, 5.41) is 0.634. The van der Waals surface area contributed by atoms with Gasteiger partial charge < -0.3 is 10.6 Å². The van der Waals surface area contributed by atoms with Gasteiger partial charge in [-0.1, -0.05) is 23.7 Å². The quantitative estimate of drug-likeness (QED) is 0.854. The second-order valence-corrected chi connectivity index (χ2v) is 4.71. The van der Waals surface area contributed by atoms with Gasteiger partial charge in [-0.05, 0) is 37.3 Å². The summed E-state index contributed by atoms with van der Waals surface area (Å²) in [6.07, 6.45) is 0. The van der Waals surface area contributed by atoms with Crippen molar-refractivity contribution in [3.05, 3.63) is 58.9 Å². The lowest BCUT2D eigenvalue weighted by atomic mass is 10.1. The van der Waals surface area contributed by atoms with Crippen LogP contribution < -0.4 is 10.6 Å². The van der Waals surface area contributed by atoms with E-state index in [2.05, 4.69) is 0 Å². The maximum atomic E-state index is 13.3. The summed E-state index contributed by atoms with van der Waals surface area (Å²) in [7, 11) is 0. The van der Waals surface area contributed by atoms with E-state index >= 15 is 0 Å². The minimum atomic E-state index is -0.247. The van der Waals surface area contributed by atoms with Gasteiger partial charge in [-0.25, -0.2) is 4.39 Å².